The summed E-state index contributed by atoms with van der Waals surface area (Å²) >= 11 is 0. The van der Waals surface area contributed by atoms with Gasteiger partial charge >= 0.3 is 0 Å². The van der Waals surface area contributed by atoms with Gasteiger partial charge in [-0.25, -0.2) is 0 Å². The number of fused-ring (bicyclic) bond motifs is 1. The van der Waals surface area contributed by atoms with Crippen LogP contribution in [0, 0.1) is 11.3 Å². The van der Waals surface area contributed by atoms with Crippen LogP contribution in [0.15, 0.2) is 24.3 Å². The highest BCUT2D eigenvalue weighted by Crippen LogP contribution is 2.49. The summed E-state index contributed by atoms with van der Waals surface area (Å²) in [5, 5.41) is 0. The van der Waals surface area contributed by atoms with E-state index in [1.165, 1.54) is 31.2 Å². The maximum absolute atomic E-state index is 6.09. The van der Waals surface area contributed by atoms with Crippen LogP contribution < -0.4 is 10.5 Å². The topological polar surface area (TPSA) is 35.2 Å². The molecule has 2 nitrogen and oxygen atoms in total. The third-order valence-electron chi connectivity index (χ3n) is 4.86. The zero-order chi connectivity index (χ0) is 12.6. The van der Waals surface area contributed by atoms with Gasteiger partial charge in [0.2, 0.25) is 0 Å². The molecule has 3 rings (SSSR count). The van der Waals surface area contributed by atoms with Crippen LogP contribution in [0.3, 0.4) is 0 Å². The number of nitrogens with two attached hydrogens (primary N) is 1. The average molecular weight is 245 g/mol. The molecule has 1 saturated carbocycles. The van der Waals surface area contributed by atoms with Gasteiger partial charge in [0.1, 0.15) is 5.75 Å². The van der Waals surface area contributed by atoms with Crippen LogP contribution in [-0.2, 0) is 0 Å². The Morgan fingerprint density at radius 2 is 2.22 bits per heavy atom. The van der Waals surface area contributed by atoms with Crippen LogP contribution in [0.2, 0.25) is 0 Å². The number of para-hydroxylation sites is 1. The lowest BCUT2D eigenvalue weighted by atomic mass is 9.76. The fourth-order valence-corrected chi connectivity index (χ4v) is 3.87. The lowest BCUT2D eigenvalue weighted by Crippen LogP contribution is -2.30. The Hall–Kier alpha value is -1.02. The summed E-state index contributed by atoms with van der Waals surface area (Å²) in [6.07, 6.45) is 5.13. The molecule has 1 aromatic carbocycles. The molecule has 2 N–H and O–H groups in total. The van der Waals surface area contributed by atoms with Crippen LogP contribution in [0.4, 0.5) is 0 Å². The average Bonchev–Trinajstić information content (AvgIpc) is 2.96. The first-order chi connectivity index (χ1) is 8.72. The highest BCUT2D eigenvalue weighted by molar-refractivity contribution is 5.39. The van der Waals surface area contributed by atoms with Crippen molar-refractivity contribution in [2.24, 2.45) is 17.1 Å². The van der Waals surface area contributed by atoms with E-state index in [1.54, 1.807) is 0 Å². The molecule has 3 atom stereocenters. The molecular formula is C16H23NO. The lowest BCUT2D eigenvalue weighted by molar-refractivity contribution is 0.225. The van der Waals surface area contributed by atoms with Gasteiger partial charge in [0.05, 0.1) is 6.61 Å². The van der Waals surface area contributed by atoms with Crippen molar-refractivity contribution in [3.05, 3.63) is 29.8 Å². The number of rotatable bonds is 3. The highest BCUT2D eigenvalue weighted by Gasteiger charge is 2.40. The molecule has 0 amide bonds. The second kappa shape index (κ2) is 4.58. The standard InChI is InChI=1S/C16H23NO/c1-12-6-7-16(8-12,11-17)9-13-10-18-15-5-3-2-4-14(13)15/h2-5,12-13H,6-11,17H2,1H3. The molecule has 18 heavy (non-hydrogen) atoms. The zero-order valence-corrected chi connectivity index (χ0v) is 11.2. The van der Waals surface area contributed by atoms with E-state index in [2.05, 4.69) is 31.2 Å². The van der Waals surface area contributed by atoms with E-state index in [-0.39, 0.29) is 0 Å². The smallest absolute Gasteiger partial charge is 0.122 e. The van der Waals surface area contributed by atoms with Gasteiger partial charge in [0.25, 0.3) is 0 Å². The minimum absolute atomic E-state index is 0.366. The first-order valence-corrected chi connectivity index (χ1v) is 7.14. The van der Waals surface area contributed by atoms with E-state index in [4.69, 9.17) is 10.5 Å². The maximum atomic E-state index is 6.09. The molecule has 1 aromatic rings. The van der Waals surface area contributed by atoms with Gasteiger partial charge in [-0.2, -0.15) is 0 Å². The second-order valence-corrected chi connectivity index (χ2v) is 6.30. The van der Waals surface area contributed by atoms with Gasteiger partial charge in [-0.1, -0.05) is 31.5 Å². The van der Waals surface area contributed by atoms with E-state index in [0.29, 0.717) is 11.3 Å². The van der Waals surface area contributed by atoms with E-state index in [0.717, 1.165) is 24.8 Å². The largest absolute Gasteiger partial charge is 0.493 e. The summed E-state index contributed by atoms with van der Waals surface area (Å²) in [7, 11) is 0. The fourth-order valence-electron chi connectivity index (χ4n) is 3.87. The Labute approximate surface area is 110 Å². The normalized spacial score (nSPS) is 34.3. The van der Waals surface area contributed by atoms with Crippen molar-refractivity contribution in [2.45, 2.75) is 38.5 Å². The molecule has 0 saturated heterocycles. The van der Waals surface area contributed by atoms with Crippen LogP contribution >= 0.6 is 0 Å². The first kappa shape index (κ1) is 12.0. The third-order valence-corrected chi connectivity index (χ3v) is 4.86. The highest BCUT2D eigenvalue weighted by atomic mass is 16.5. The van der Waals surface area contributed by atoms with Crippen molar-refractivity contribution >= 4 is 0 Å². The first-order valence-electron chi connectivity index (χ1n) is 7.14. The monoisotopic (exact) mass is 245 g/mol. The van der Waals surface area contributed by atoms with Crippen LogP contribution in [-0.4, -0.2) is 13.2 Å². The number of hydrogen-bond donors (Lipinski definition) is 1. The van der Waals surface area contributed by atoms with Crippen LogP contribution in [0.1, 0.15) is 44.1 Å². The molecule has 1 aliphatic carbocycles. The molecule has 2 aliphatic rings. The summed E-state index contributed by atoms with van der Waals surface area (Å²) in [6, 6.07) is 8.47. The third kappa shape index (κ3) is 2.03. The molecule has 1 aliphatic heterocycles. The molecule has 98 valence electrons. The Morgan fingerprint density at radius 3 is 2.94 bits per heavy atom. The number of benzene rings is 1. The zero-order valence-electron chi connectivity index (χ0n) is 11.2. The van der Waals surface area contributed by atoms with Gasteiger partial charge in [-0.15, -0.1) is 0 Å². The molecule has 0 radical (unpaired) electrons. The van der Waals surface area contributed by atoms with E-state index < -0.39 is 0 Å². The second-order valence-electron chi connectivity index (χ2n) is 6.30. The SMILES string of the molecule is CC1CCC(CN)(CC2COc3ccccc32)C1. The molecule has 1 fully saturated rings. The van der Waals surface area contributed by atoms with Gasteiger partial charge in [0, 0.05) is 11.5 Å². The van der Waals surface area contributed by atoms with Gasteiger partial charge in [-0.3, -0.25) is 0 Å². The summed E-state index contributed by atoms with van der Waals surface area (Å²) in [4.78, 5) is 0. The van der Waals surface area contributed by atoms with Crippen molar-refractivity contribution in [3.8, 4) is 5.75 Å². The Morgan fingerprint density at radius 1 is 1.39 bits per heavy atom. The van der Waals surface area contributed by atoms with Crippen molar-refractivity contribution in [1.29, 1.82) is 0 Å². The molecule has 0 spiro atoms. The summed E-state index contributed by atoms with van der Waals surface area (Å²) in [6.45, 7) is 4.03. The molecule has 3 unspecified atom stereocenters. The van der Waals surface area contributed by atoms with Crippen molar-refractivity contribution < 1.29 is 4.74 Å². The Balaban J connectivity index is 1.78. The van der Waals surface area contributed by atoms with Crippen LogP contribution in [0.5, 0.6) is 5.75 Å². The molecule has 1 heterocycles. The number of hydrogen-bond acceptors (Lipinski definition) is 2. The summed E-state index contributed by atoms with van der Waals surface area (Å²) in [5.74, 6) is 2.47. The van der Waals surface area contributed by atoms with E-state index in [9.17, 15) is 0 Å². The molecular weight excluding hydrogens is 222 g/mol. The molecule has 2 heteroatoms. The van der Waals surface area contributed by atoms with Crippen molar-refractivity contribution in [1.82, 2.24) is 0 Å². The van der Waals surface area contributed by atoms with Crippen molar-refractivity contribution in [3.63, 3.8) is 0 Å². The lowest BCUT2D eigenvalue weighted by Gasteiger charge is -2.30. The predicted molar refractivity (Wildman–Crippen MR) is 73.8 cm³/mol. The quantitative estimate of drug-likeness (QED) is 0.886. The van der Waals surface area contributed by atoms with Gasteiger partial charge < -0.3 is 10.5 Å². The summed E-state index contributed by atoms with van der Waals surface area (Å²) in [5.41, 5.74) is 7.85. The Bertz CT molecular complexity index is 431. The number of ether oxygens (including phenoxy) is 1. The van der Waals surface area contributed by atoms with Crippen molar-refractivity contribution in [2.75, 3.05) is 13.2 Å². The van der Waals surface area contributed by atoms with E-state index >= 15 is 0 Å². The molecule has 0 bridgehead atoms. The predicted octanol–water partition coefficient (Wildman–Crippen LogP) is 3.32. The maximum Gasteiger partial charge on any atom is 0.122 e. The van der Waals surface area contributed by atoms with Gasteiger partial charge in [-0.05, 0) is 43.2 Å². The molecule has 0 aromatic heterocycles. The Kier molecular flexibility index (Phi) is 3.06. The van der Waals surface area contributed by atoms with Gasteiger partial charge in [0.15, 0.2) is 0 Å². The minimum atomic E-state index is 0.366. The minimum Gasteiger partial charge on any atom is -0.493 e. The van der Waals surface area contributed by atoms with Crippen LogP contribution in [0.25, 0.3) is 0 Å². The fraction of sp³-hybridized carbons (Fsp3) is 0.625. The summed E-state index contributed by atoms with van der Waals surface area (Å²) < 4.78 is 5.80. The van der Waals surface area contributed by atoms with E-state index in [1.807, 2.05) is 0 Å².